The Hall–Kier alpha value is -2.58. The normalized spacial score (nSPS) is 17.0. The van der Waals surface area contributed by atoms with Crippen LogP contribution in [0, 0.1) is 11.8 Å². The van der Waals surface area contributed by atoms with Gasteiger partial charge in [0.2, 0.25) is 0 Å². The number of hydrogen-bond acceptors (Lipinski definition) is 5. The van der Waals surface area contributed by atoms with Crippen LogP contribution in [-0.2, 0) is 10.0 Å². The molecular formula is C23H31N3O4S. The lowest BCUT2D eigenvalue weighted by molar-refractivity contribution is 0.0947. The van der Waals surface area contributed by atoms with Crippen molar-refractivity contribution in [2.24, 2.45) is 11.8 Å². The van der Waals surface area contributed by atoms with Gasteiger partial charge in [-0.05, 0) is 73.3 Å². The number of benzene rings is 2. The number of rotatable bonds is 9. The molecule has 0 bridgehead atoms. The van der Waals surface area contributed by atoms with Crippen molar-refractivity contribution in [2.75, 3.05) is 38.0 Å². The summed E-state index contributed by atoms with van der Waals surface area (Å²) in [7, 11) is -2.20. The van der Waals surface area contributed by atoms with Crippen LogP contribution in [0.1, 0.15) is 30.6 Å². The third kappa shape index (κ3) is 6.45. The highest BCUT2D eigenvalue weighted by Gasteiger charge is 2.23. The first kappa shape index (κ1) is 23.1. The lowest BCUT2D eigenvalue weighted by atomic mass is 10.1. The van der Waals surface area contributed by atoms with Gasteiger partial charge in [0.15, 0.2) is 0 Å². The highest BCUT2D eigenvalue weighted by Crippen LogP contribution is 2.20. The molecule has 1 unspecified atom stereocenters. The van der Waals surface area contributed by atoms with Crippen molar-refractivity contribution in [1.29, 1.82) is 0 Å². The molecule has 1 fully saturated rings. The zero-order chi connectivity index (χ0) is 22.4. The number of likely N-dealkylation sites (tertiary alicyclic amines) is 1. The molecule has 0 spiro atoms. The summed E-state index contributed by atoms with van der Waals surface area (Å²) in [4.78, 5) is 15.0. The van der Waals surface area contributed by atoms with E-state index < -0.39 is 10.0 Å². The van der Waals surface area contributed by atoms with Gasteiger partial charge >= 0.3 is 0 Å². The molecule has 0 aromatic heterocycles. The third-order valence-electron chi connectivity index (χ3n) is 5.31. The van der Waals surface area contributed by atoms with Gasteiger partial charge in [-0.3, -0.25) is 9.52 Å². The maximum atomic E-state index is 12.6. The van der Waals surface area contributed by atoms with Crippen LogP contribution in [0.3, 0.4) is 0 Å². The standard InChI is InChI=1S/C23H31N3O4S/c1-17(2)15-26-13-12-18(16-26)14-24-23(27)19-4-10-22(11-5-19)31(28,29)25-20-6-8-21(30-3)9-7-20/h4-11,17-18,25H,12-16H2,1-3H3,(H,24,27). The molecule has 31 heavy (non-hydrogen) atoms. The van der Waals surface area contributed by atoms with Gasteiger partial charge in [-0.25, -0.2) is 8.42 Å². The second kappa shape index (κ2) is 10.2. The maximum Gasteiger partial charge on any atom is 0.261 e. The Morgan fingerprint density at radius 3 is 2.42 bits per heavy atom. The minimum absolute atomic E-state index is 0.0972. The van der Waals surface area contributed by atoms with Crippen molar-refractivity contribution in [1.82, 2.24) is 10.2 Å². The van der Waals surface area contributed by atoms with Crippen LogP contribution in [0.4, 0.5) is 5.69 Å². The van der Waals surface area contributed by atoms with Gasteiger partial charge in [0.1, 0.15) is 5.75 Å². The molecule has 1 saturated heterocycles. The zero-order valence-electron chi connectivity index (χ0n) is 18.3. The molecule has 2 aromatic carbocycles. The molecule has 2 N–H and O–H groups in total. The summed E-state index contributed by atoms with van der Waals surface area (Å²) < 4.78 is 32.8. The van der Waals surface area contributed by atoms with Crippen LogP contribution < -0.4 is 14.8 Å². The van der Waals surface area contributed by atoms with Crippen LogP contribution in [0.25, 0.3) is 0 Å². The van der Waals surface area contributed by atoms with E-state index in [2.05, 4.69) is 28.8 Å². The van der Waals surface area contributed by atoms with E-state index in [4.69, 9.17) is 4.74 Å². The summed E-state index contributed by atoms with van der Waals surface area (Å²) >= 11 is 0. The highest BCUT2D eigenvalue weighted by molar-refractivity contribution is 7.92. The second-order valence-corrected chi connectivity index (χ2v) is 10.1. The number of carbonyl (C=O) groups excluding carboxylic acids is 1. The summed E-state index contributed by atoms with van der Waals surface area (Å²) in [5, 5.41) is 2.98. The summed E-state index contributed by atoms with van der Waals surface area (Å²) in [5.41, 5.74) is 0.881. The van der Waals surface area contributed by atoms with E-state index >= 15 is 0 Å². The van der Waals surface area contributed by atoms with Crippen molar-refractivity contribution < 1.29 is 17.9 Å². The molecule has 3 rings (SSSR count). The highest BCUT2D eigenvalue weighted by atomic mass is 32.2. The smallest absolute Gasteiger partial charge is 0.261 e. The van der Waals surface area contributed by atoms with E-state index in [9.17, 15) is 13.2 Å². The molecule has 7 nitrogen and oxygen atoms in total. The second-order valence-electron chi connectivity index (χ2n) is 8.38. The Labute approximate surface area is 184 Å². The Kier molecular flexibility index (Phi) is 7.56. The number of nitrogens with zero attached hydrogens (tertiary/aromatic N) is 1. The minimum atomic E-state index is -3.74. The average Bonchev–Trinajstić information content (AvgIpc) is 3.19. The number of amides is 1. The first-order valence-electron chi connectivity index (χ1n) is 10.5. The van der Waals surface area contributed by atoms with E-state index in [1.807, 2.05) is 0 Å². The van der Waals surface area contributed by atoms with Gasteiger partial charge in [-0.15, -0.1) is 0 Å². The number of anilines is 1. The number of carbonyl (C=O) groups is 1. The van der Waals surface area contributed by atoms with E-state index in [1.54, 1.807) is 31.4 Å². The fraction of sp³-hybridized carbons (Fsp3) is 0.435. The minimum Gasteiger partial charge on any atom is -0.497 e. The molecule has 1 heterocycles. The molecule has 0 radical (unpaired) electrons. The fourth-order valence-corrected chi connectivity index (χ4v) is 4.82. The molecule has 1 aliphatic rings. The van der Waals surface area contributed by atoms with Crippen LogP contribution >= 0.6 is 0 Å². The molecule has 1 aliphatic heterocycles. The van der Waals surface area contributed by atoms with Gasteiger partial charge in [-0.1, -0.05) is 13.8 Å². The first-order valence-corrected chi connectivity index (χ1v) is 12.0. The zero-order valence-corrected chi connectivity index (χ0v) is 19.1. The number of sulfonamides is 1. The van der Waals surface area contributed by atoms with Gasteiger partial charge < -0.3 is 15.0 Å². The van der Waals surface area contributed by atoms with Crippen LogP contribution in [0.2, 0.25) is 0 Å². The van der Waals surface area contributed by atoms with Gasteiger partial charge in [-0.2, -0.15) is 0 Å². The van der Waals surface area contributed by atoms with Gasteiger partial charge in [0.05, 0.1) is 12.0 Å². The molecule has 0 saturated carbocycles. The molecular weight excluding hydrogens is 414 g/mol. The Morgan fingerprint density at radius 1 is 1.13 bits per heavy atom. The summed E-state index contributed by atoms with van der Waals surface area (Å²) in [5.74, 6) is 1.55. The lowest BCUT2D eigenvalue weighted by Crippen LogP contribution is -2.31. The predicted molar refractivity (Wildman–Crippen MR) is 122 cm³/mol. The fourth-order valence-electron chi connectivity index (χ4n) is 3.76. The van der Waals surface area contributed by atoms with Gasteiger partial charge in [0, 0.05) is 30.9 Å². The van der Waals surface area contributed by atoms with Crippen molar-refractivity contribution in [2.45, 2.75) is 25.2 Å². The Balaban J connectivity index is 1.54. The molecule has 0 aliphatic carbocycles. The first-order chi connectivity index (χ1) is 14.8. The van der Waals surface area contributed by atoms with Crippen LogP contribution in [-0.4, -0.2) is 52.5 Å². The number of nitrogens with one attached hydrogen (secondary N) is 2. The van der Waals surface area contributed by atoms with E-state index in [-0.39, 0.29) is 10.8 Å². The van der Waals surface area contributed by atoms with E-state index in [1.165, 1.54) is 24.3 Å². The monoisotopic (exact) mass is 445 g/mol. The largest absolute Gasteiger partial charge is 0.497 e. The summed E-state index contributed by atoms with van der Waals surface area (Å²) in [6, 6.07) is 12.6. The van der Waals surface area contributed by atoms with Crippen molar-refractivity contribution >= 4 is 21.6 Å². The van der Waals surface area contributed by atoms with E-state index in [0.717, 1.165) is 26.1 Å². The third-order valence-corrected chi connectivity index (χ3v) is 6.71. The number of ether oxygens (including phenoxy) is 1. The van der Waals surface area contributed by atoms with Crippen molar-refractivity contribution in [3.63, 3.8) is 0 Å². The van der Waals surface area contributed by atoms with Crippen LogP contribution in [0.15, 0.2) is 53.4 Å². The molecule has 1 amide bonds. The quantitative estimate of drug-likeness (QED) is 0.619. The molecule has 168 valence electrons. The maximum absolute atomic E-state index is 12.6. The lowest BCUT2D eigenvalue weighted by Gasteiger charge is -2.18. The summed E-state index contributed by atoms with van der Waals surface area (Å²) in [6.07, 6.45) is 1.08. The Morgan fingerprint density at radius 2 is 1.81 bits per heavy atom. The topological polar surface area (TPSA) is 87.7 Å². The predicted octanol–water partition coefficient (Wildman–Crippen LogP) is 3.20. The number of hydrogen-bond donors (Lipinski definition) is 2. The SMILES string of the molecule is COc1ccc(NS(=O)(=O)c2ccc(C(=O)NCC3CCN(CC(C)C)C3)cc2)cc1. The van der Waals surface area contributed by atoms with E-state index in [0.29, 0.717) is 35.4 Å². The molecule has 8 heteroatoms. The molecule has 1 atom stereocenters. The van der Waals surface area contributed by atoms with Crippen molar-refractivity contribution in [3.8, 4) is 5.75 Å². The van der Waals surface area contributed by atoms with Crippen molar-refractivity contribution in [3.05, 3.63) is 54.1 Å². The average molecular weight is 446 g/mol. The number of methoxy groups -OCH3 is 1. The Bertz CT molecular complexity index is 973. The summed E-state index contributed by atoms with van der Waals surface area (Å²) in [6.45, 7) is 8.23. The molecule has 2 aromatic rings. The van der Waals surface area contributed by atoms with Gasteiger partial charge in [0.25, 0.3) is 15.9 Å². The van der Waals surface area contributed by atoms with Crippen LogP contribution in [0.5, 0.6) is 5.75 Å².